The summed E-state index contributed by atoms with van der Waals surface area (Å²) in [6.07, 6.45) is 5.17. The summed E-state index contributed by atoms with van der Waals surface area (Å²) in [5.41, 5.74) is 2.08. The average molecular weight is 331 g/mol. The van der Waals surface area contributed by atoms with E-state index in [1.807, 2.05) is 25.7 Å². The van der Waals surface area contributed by atoms with Crippen LogP contribution in [0.4, 0.5) is 10.6 Å². The molecule has 1 amide bonds. The number of fused-ring (bicyclic) bond motifs is 1. The van der Waals surface area contributed by atoms with Crippen LogP contribution in [0.2, 0.25) is 0 Å². The number of nitrogens with one attached hydrogen (secondary N) is 1. The number of aryl methyl sites for hydroxylation is 1. The molecule has 1 aromatic heterocycles. The van der Waals surface area contributed by atoms with Gasteiger partial charge in [0, 0.05) is 25.3 Å². The van der Waals surface area contributed by atoms with Crippen LogP contribution >= 0.6 is 0 Å². The molecule has 3 rings (SSSR count). The number of piperidine rings is 1. The first-order chi connectivity index (χ1) is 11.4. The van der Waals surface area contributed by atoms with Gasteiger partial charge < -0.3 is 15.0 Å². The zero-order valence-corrected chi connectivity index (χ0v) is 15.1. The Bertz CT molecular complexity index is 587. The Morgan fingerprint density at radius 1 is 1.33 bits per heavy atom. The Morgan fingerprint density at radius 2 is 2.08 bits per heavy atom. The molecule has 0 atom stereocenters. The lowest BCUT2D eigenvalue weighted by molar-refractivity contribution is 0.0184. The highest BCUT2D eigenvalue weighted by molar-refractivity contribution is 5.68. The lowest BCUT2D eigenvalue weighted by atomic mass is 9.92. The van der Waals surface area contributed by atoms with E-state index in [4.69, 9.17) is 9.72 Å². The predicted molar refractivity (Wildman–Crippen MR) is 95.3 cm³/mol. The van der Waals surface area contributed by atoms with Gasteiger partial charge in [-0.05, 0) is 70.4 Å². The standard InChI is InChI=1S/C19H29N3O2/c1-19(2,3)24-18(23)22-11-8-14(9-12-22)13-16-7-6-15-5-4-10-20-17(15)21-16/h6-7,14H,4-5,8-13H2,1-3H3,(H,20,21). The number of pyridine rings is 1. The molecule has 1 aromatic rings. The van der Waals surface area contributed by atoms with Crippen LogP contribution in [0.1, 0.15) is 51.3 Å². The number of amides is 1. The number of rotatable bonds is 2. The van der Waals surface area contributed by atoms with E-state index in [0.29, 0.717) is 5.92 Å². The molecule has 0 radical (unpaired) electrons. The number of ether oxygens (including phenoxy) is 1. The lowest BCUT2D eigenvalue weighted by Gasteiger charge is -2.33. The van der Waals surface area contributed by atoms with Crippen molar-refractivity contribution < 1.29 is 9.53 Å². The third-order valence-electron chi connectivity index (χ3n) is 4.72. The van der Waals surface area contributed by atoms with Crippen molar-refractivity contribution in [2.24, 2.45) is 5.92 Å². The topological polar surface area (TPSA) is 54.5 Å². The summed E-state index contributed by atoms with van der Waals surface area (Å²) in [4.78, 5) is 18.8. The lowest BCUT2D eigenvalue weighted by Crippen LogP contribution is -2.42. The van der Waals surface area contributed by atoms with Crippen molar-refractivity contribution in [2.45, 2.75) is 58.5 Å². The van der Waals surface area contributed by atoms with E-state index in [9.17, 15) is 4.79 Å². The van der Waals surface area contributed by atoms with Gasteiger partial charge in [0.05, 0.1) is 0 Å². The highest BCUT2D eigenvalue weighted by atomic mass is 16.6. The molecule has 1 fully saturated rings. The van der Waals surface area contributed by atoms with Crippen molar-refractivity contribution in [2.75, 3.05) is 25.0 Å². The molecule has 2 aliphatic rings. The SMILES string of the molecule is CC(C)(C)OC(=O)N1CCC(Cc2ccc3c(n2)NCCC3)CC1. The van der Waals surface area contributed by atoms with Crippen LogP contribution in [-0.2, 0) is 17.6 Å². The molecule has 2 aliphatic heterocycles. The molecule has 1 N–H and O–H groups in total. The highest BCUT2D eigenvalue weighted by Gasteiger charge is 2.27. The number of aromatic nitrogens is 1. The molecular weight excluding hydrogens is 302 g/mol. The van der Waals surface area contributed by atoms with Gasteiger partial charge >= 0.3 is 6.09 Å². The largest absolute Gasteiger partial charge is 0.444 e. The summed E-state index contributed by atoms with van der Waals surface area (Å²) >= 11 is 0. The van der Waals surface area contributed by atoms with E-state index < -0.39 is 5.60 Å². The van der Waals surface area contributed by atoms with Crippen LogP contribution < -0.4 is 5.32 Å². The van der Waals surface area contributed by atoms with Crippen molar-refractivity contribution in [3.05, 3.63) is 23.4 Å². The average Bonchev–Trinajstić information content (AvgIpc) is 2.54. The predicted octanol–water partition coefficient (Wildman–Crippen LogP) is 3.63. The van der Waals surface area contributed by atoms with Crippen LogP contribution in [0.3, 0.4) is 0 Å². The van der Waals surface area contributed by atoms with E-state index in [-0.39, 0.29) is 6.09 Å². The third kappa shape index (κ3) is 4.40. The van der Waals surface area contributed by atoms with E-state index in [2.05, 4.69) is 17.4 Å². The molecule has 0 aromatic carbocycles. The van der Waals surface area contributed by atoms with Crippen molar-refractivity contribution in [1.29, 1.82) is 0 Å². The smallest absolute Gasteiger partial charge is 0.410 e. The summed E-state index contributed by atoms with van der Waals surface area (Å²) in [5.74, 6) is 1.67. The van der Waals surface area contributed by atoms with Crippen LogP contribution in [0.5, 0.6) is 0 Å². The van der Waals surface area contributed by atoms with Crippen molar-refractivity contribution in [3.63, 3.8) is 0 Å². The molecule has 0 spiro atoms. The summed E-state index contributed by atoms with van der Waals surface area (Å²) < 4.78 is 5.46. The van der Waals surface area contributed by atoms with Gasteiger partial charge in [0.2, 0.25) is 0 Å². The summed E-state index contributed by atoms with van der Waals surface area (Å²) in [7, 11) is 0. The van der Waals surface area contributed by atoms with Gasteiger partial charge in [0.25, 0.3) is 0 Å². The zero-order valence-electron chi connectivity index (χ0n) is 15.1. The number of hydrogen-bond donors (Lipinski definition) is 1. The molecule has 132 valence electrons. The minimum absolute atomic E-state index is 0.183. The van der Waals surface area contributed by atoms with Gasteiger partial charge in [-0.15, -0.1) is 0 Å². The first-order valence-corrected chi connectivity index (χ1v) is 9.11. The molecule has 0 unspecified atom stereocenters. The number of hydrogen-bond acceptors (Lipinski definition) is 4. The molecular formula is C19H29N3O2. The maximum atomic E-state index is 12.1. The van der Waals surface area contributed by atoms with Gasteiger partial charge in [-0.2, -0.15) is 0 Å². The number of likely N-dealkylation sites (tertiary alicyclic amines) is 1. The van der Waals surface area contributed by atoms with E-state index in [1.165, 1.54) is 17.7 Å². The fourth-order valence-corrected chi connectivity index (χ4v) is 3.42. The Labute approximate surface area is 144 Å². The third-order valence-corrected chi connectivity index (χ3v) is 4.72. The van der Waals surface area contributed by atoms with E-state index in [0.717, 1.165) is 51.1 Å². The van der Waals surface area contributed by atoms with Crippen molar-refractivity contribution >= 4 is 11.9 Å². The Morgan fingerprint density at radius 3 is 2.79 bits per heavy atom. The molecule has 24 heavy (non-hydrogen) atoms. The van der Waals surface area contributed by atoms with Gasteiger partial charge in [-0.25, -0.2) is 9.78 Å². The number of nitrogens with zero attached hydrogens (tertiary/aromatic N) is 2. The minimum atomic E-state index is -0.423. The second-order valence-electron chi connectivity index (χ2n) is 7.96. The number of carbonyl (C=O) groups excluding carboxylic acids is 1. The number of anilines is 1. The zero-order chi connectivity index (χ0) is 17.2. The van der Waals surface area contributed by atoms with Gasteiger partial charge in [0.15, 0.2) is 0 Å². The molecule has 3 heterocycles. The fraction of sp³-hybridized carbons (Fsp3) is 0.684. The van der Waals surface area contributed by atoms with Crippen LogP contribution in [0.25, 0.3) is 0 Å². The maximum Gasteiger partial charge on any atom is 0.410 e. The van der Waals surface area contributed by atoms with E-state index in [1.54, 1.807) is 0 Å². The fourth-order valence-electron chi connectivity index (χ4n) is 3.42. The Hall–Kier alpha value is -1.78. The van der Waals surface area contributed by atoms with Crippen LogP contribution in [-0.4, -0.2) is 41.2 Å². The molecule has 0 bridgehead atoms. The monoisotopic (exact) mass is 331 g/mol. The normalized spacial score (nSPS) is 18.7. The van der Waals surface area contributed by atoms with Gasteiger partial charge in [-0.3, -0.25) is 0 Å². The van der Waals surface area contributed by atoms with E-state index >= 15 is 0 Å². The first kappa shape index (κ1) is 17.1. The molecule has 0 saturated carbocycles. The summed E-state index contributed by atoms with van der Waals surface area (Å²) in [6.45, 7) is 8.32. The maximum absolute atomic E-state index is 12.1. The van der Waals surface area contributed by atoms with Crippen molar-refractivity contribution in [1.82, 2.24) is 9.88 Å². The van der Waals surface area contributed by atoms with Gasteiger partial charge in [-0.1, -0.05) is 6.07 Å². The molecule has 1 saturated heterocycles. The molecule has 0 aliphatic carbocycles. The molecule has 5 nitrogen and oxygen atoms in total. The first-order valence-electron chi connectivity index (χ1n) is 9.11. The quantitative estimate of drug-likeness (QED) is 0.899. The highest BCUT2D eigenvalue weighted by Crippen LogP contribution is 2.25. The minimum Gasteiger partial charge on any atom is -0.444 e. The second kappa shape index (κ2) is 6.99. The Balaban J connectivity index is 1.51. The van der Waals surface area contributed by atoms with Crippen LogP contribution in [0.15, 0.2) is 12.1 Å². The Kier molecular flexibility index (Phi) is 4.97. The second-order valence-corrected chi connectivity index (χ2v) is 7.96. The van der Waals surface area contributed by atoms with Crippen LogP contribution in [0, 0.1) is 5.92 Å². The van der Waals surface area contributed by atoms with Gasteiger partial charge in [0.1, 0.15) is 11.4 Å². The number of carbonyl (C=O) groups is 1. The summed E-state index contributed by atoms with van der Waals surface area (Å²) in [6, 6.07) is 4.39. The summed E-state index contributed by atoms with van der Waals surface area (Å²) in [5, 5.41) is 3.40. The van der Waals surface area contributed by atoms with Crippen molar-refractivity contribution in [3.8, 4) is 0 Å². The molecule has 5 heteroatoms.